The van der Waals surface area contributed by atoms with Crippen molar-refractivity contribution in [3.8, 4) is 0 Å². The maximum Gasteiger partial charge on any atom is 0.135 e. The minimum absolute atomic E-state index is 0.623. The van der Waals surface area contributed by atoms with Crippen LogP contribution in [0.25, 0.3) is 0 Å². The molecule has 0 fully saturated rings. The summed E-state index contributed by atoms with van der Waals surface area (Å²) < 4.78 is 0. The van der Waals surface area contributed by atoms with E-state index in [1.165, 1.54) is 36.3 Å². The van der Waals surface area contributed by atoms with Crippen molar-refractivity contribution in [3.05, 3.63) is 17.6 Å². The van der Waals surface area contributed by atoms with Gasteiger partial charge in [0.25, 0.3) is 0 Å². The summed E-state index contributed by atoms with van der Waals surface area (Å²) in [5.74, 6) is 1.82. The molecule has 1 aliphatic carbocycles. The molecule has 2 rings (SSSR count). The Bertz CT molecular complexity index is 370. The number of aryl methyl sites for hydroxylation is 1. The highest BCUT2D eigenvalue weighted by Crippen LogP contribution is 2.36. The Balaban J connectivity index is 2.33. The highest BCUT2D eigenvalue weighted by molar-refractivity contribution is 5.52. The molecule has 1 atom stereocenters. The Morgan fingerprint density at radius 2 is 1.94 bits per heavy atom. The molecule has 3 nitrogen and oxygen atoms in total. The summed E-state index contributed by atoms with van der Waals surface area (Å²) in [6, 6.07) is 0. The predicted molar refractivity (Wildman–Crippen MR) is 71.6 cm³/mol. The van der Waals surface area contributed by atoms with Crippen molar-refractivity contribution in [1.29, 1.82) is 0 Å². The first-order chi connectivity index (χ1) is 8.27. The first kappa shape index (κ1) is 12.3. The van der Waals surface area contributed by atoms with Crippen LogP contribution < -0.4 is 4.90 Å². The molecule has 0 aliphatic heterocycles. The summed E-state index contributed by atoms with van der Waals surface area (Å²) in [5.41, 5.74) is 2.69. The Labute approximate surface area is 104 Å². The van der Waals surface area contributed by atoms with Crippen LogP contribution in [-0.2, 0) is 6.42 Å². The van der Waals surface area contributed by atoms with Crippen LogP contribution in [-0.4, -0.2) is 23.1 Å². The average molecular weight is 233 g/mol. The van der Waals surface area contributed by atoms with Crippen LogP contribution in [0.3, 0.4) is 0 Å². The molecule has 1 aliphatic rings. The zero-order valence-electron chi connectivity index (χ0n) is 11.2. The molecule has 94 valence electrons. The molecule has 0 saturated carbocycles. The van der Waals surface area contributed by atoms with E-state index in [2.05, 4.69) is 35.6 Å². The van der Waals surface area contributed by atoms with Gasteiger partial charge in [-0.05, 0) is 31.6 Å². The second kappa shape index (κ2) is 5.48. The van der Waals surface area contributed by atoms with Crippen LogP contribution in [0, 0.1) is 0 Å². The lowest BCUT2D eigenvalue weighted by Crippen LogP contribution is -2.27. The smallest absolute Gasteiger partial charge is 0.135 e. The molecule has 1 unspecified atom stereocenters. The van der Waals surface area contributed by atoms with E-state index in [-0.39, 0.29) is 0 Å². The van der Waals surface area contributed by atoms with Crippen molar-refractivity contribution in [2.75, 3.05) is 18.0 Å². The number of hydrogen-bond donors (Lipinski definition) is 0. The second-order valence-electron chi connectivity index (χ2n) is 4.98. The molecule has 0 aromatic carbocycles. The Kier molecular flexibility index (Phi) is 3.97. The van der Waals surface area contributed by atoms with Crippen molar-refractivity contribution in [2.24, 2.45) is 0 Å². The molecular formula is C14H23N3. The summed E-state index contributed by atoms with van der Waals surface area (Å²) in [6.45, 7) is 8.96. The van der Waals surface area contributed by atoms with E-state index in [1.54, 1.807) is 6.33 Å². The standard InChI is InChI=1S/C14H23N3/c1-4-8-17(9-5-2)14-13-11(3)6-7-12(13)15-10-16-14/h10-11H,4-9H2,1-3H3. The van der Waals surface area contributed by atoms with Gasteiger partial charge in [-0.1, -0.05) is 20.8 Å². The lowest BCUT2D eigenvalue weighted by atomic mass is 10.1. The van der Waals surface area contributed by atoms with Gasteiger partial charge < -0.3 is 4.90 Å². The van der Waals surface area contributed by atoms with Gasteiger partial charge in [0.05, 0.1) is 0 Å². The third-order valence-corrected chi connectivity index (χ3v) is 3.54. The Morgan fingerprint density at radius 1 is 1.24 bits per heavy atom. The van der Waals surface area contributed by atoms with Crippen molar-refractivity contribution in [2.45, 2.75) is 52.4 Å². The van der Waals surface area contributed by atoms with Gasteiger partial charge in [0, 0.05) is 24.3 Å². The maximum atomic E-state index is 4.55. The molecule has 0 amide bonds. The molecular weight excluding hydrogens is 210 g/mol. The van der Waals surface area contributed by atoms with Crippen LogP contribution in [0.2, 0.25) is 0 Å². The maximum absolute atomic E-state index is 4.55. The largest absolute Gasteiger partial charge is 0.356 e. The third-order valence-electron chi connectivity index (χ3n) is 3.54. The van der Waals surface area contributed by atoms with Gasteiger partial charge in [0.1, 0.15) is 12.1 Å². The quantitative estimate of drug-likeness (QED) is 0.782. The fourth-order valence-electron chi connectivity index (χ4n) is 2.74. The molecule has 3 heteroatoms. The molecule has 1 aromatic heterocycles. The van der Waals surface area contributed by atoms with Crippen molar-refractivity contribution in [3.63, 3.8) is 0 Å². The van der Waals surface area contributed by atoms with E-state index in [4.69, 9.17) is 0 Å². The fraction of sp³-hybridized carbons (Fsp3) is 0.714. The molecule has 0 bridgehead atoms. The third kappa shape index (κ3) is 2.43. The van der Waals surface area contributed by atoms with Gasteiger partial charge in [0.15, 0.2) is 0 Å². The highest BCUT2D eigenvalue weighted by atomic mass is 15.2. The molecule has 0 N–H and O–H groups in total. The summed E-state index contributed by atoms with van der Waals surface area (Å²) in [7, 11) is 0. The van der Waals surface area contributed by atoms with Gasteiger partial charge in [-0.3, -0.25) is 0 Å². The van der Waals surface area contributed by atoms with E-state index in [9.17, 15) is 0 Å². The van der Waals surface area contributed by atoms with E-state index < -0.39 is 0 Å². The highest BCUT2D eigenvalue weighted by Gasteiger charge is 2.26. The molecule has 0 saturated heterocycles. The van der Waals surface area contributed by atoms with Crippen molar-refractivity contribution >= 4 is 5.82 Å². The van der Waals surface area contributed by atoms with Gasteiger partial charge in [-0.25, -0.2) is 9.97 Å². The molecule has 1 aromatic rings. The van der Waals surface area contributed by atoms with Crippen molar-refractivity contribution < 1.29 is 0 Å². The van der Waals surface area contributed by atoms with Crippen LogP contribution in [0.5, 0.6) is 0 Å². The second-order valence-corrected chi connectivity index (χ2v) is 4.98. The molecule has 17 heavy (non-hydrogen) atoms. The fourth-order valence-corrected chi connectivity index (χ4v) is 2.74. The topological polar surface area (TPSA) is 29.0 Å². The Hall–Kier alpha value is -1.12. The van der Waals surface area contributed by atoms with Gasteiger partial charge in [-0.2, -0.15) is 0 Å². The molecule has 0 radical (unpaired) electrons. The normalized spacial score (nSPS) is 18.2. The summed E-state index contributed by atoms with van der Waals surface area (Å²) in [4.78, 5) is 11.4. The number of nitrogens with zero attached hydrogens (tertiary/aromatic N) is 3. The summed E-state index contributed by atoms with van der Waals surface area (Å²) >= 11 is 0. The van der Waals surface area contributed by atoms with Crippen LogP contribution in [0.1, 0.15) is 57.2 Å². The number of anilines is 1. The predicted octanol–water partition coefficient (Wildman–Crippen LogP) is 3.15. The van der Waals surface area contributed by atoms with Crippen molar-refractivity contribution in [1.82, 2.24) is 9.97 Å². The molecule has 1 heterocycles. The SMILES string of the molecule is CCCN(CCC)c1ncnc2c1C(C)CC2. The zero-order chi connectivity index (χ0) is 12.3. The van der Waals surface area contributed by atoms with E-state index in [1.807, 2.05) is 0 Å². The lowest BCUT2D eigenvalue weighted by molar-refractivity contribution is 0.708. The molecule has 0 spiro atoms. The number of rotatable bonds is 5. The number of fused-ring (bicyclic) bond motifs is 1. The minimum atomic E-state index is 0.623. The zero-order valence-corrected chi connectivity index (χ0v) is 11.2. The van der Waals surface area contributed by atoms with E-state index in [0.29, 0.717) is 5.92 Å². The van der Waals surface area contributed by atoms with Gasteiger partial charge >= 0.3 is 0 Å². The first-order valence-corrected chi connectivity index (χ1v) is 6.86. The summed E-state index contributed by atoms with van der Waals surface area (Å²) in [6.07, 6.45) is 6.44. The van der Waals surface area contributed by atoms with Crippen LogP contribution in [0.4, 0.5) is 5.82 Å². The first-order valence-electron chi connectivity index (χ1n) is 6.86. The monoisotopic (exact) mass is 233 g/mol. The van der Waals surface area contributed by atoms with Gasteiger partial charge in [-0.15, -0.1) is 0 Å². The Morgan fingerprint density at radius 3 is 2.59 bits per heavy atom. The minimum Gasteiger partial charge on any atom is -0.356 e. The number of hydrogen-bond acceptors (Lipinski definition) is 3. The van der Waals surface area contributed by atoms with E-state index >= 15 is 0 Å². The van der Waals surface area contributed by atoms with Crippen LogP contribution >= 0.6 is 0 Å². The lowest BCUT2D eigenvalue weighted by Gasteiger charge is -2.25. The summed E-state index contributed by atoms with van der Waals surface area (Å²) in [5, 5.41) is 0. The average Bonchev–Trinajstić information content (AvgIpc) is 2.71. The van der Waals surface area contributed by atoms with Gasteiger partial charge in [0.2, 0.25) is 0 Å². The van der Waals surface area contributed by atoms with Crippen LogP contribution in [0.15, 0.2) is 6.33 Å². The number of aromatic nitrogens is 2. The van der Waals surface area contributed by atoms with E-state index in [0.717, 1.165) is 19.5 Å².